The van der Waals surface area contributed by atoms with Gasteiger partial charge in [0.2, 0.25) is 0 Å². The second kappa shape index (κ2) is 10.2. The van der Waals surface area contributed by atoms with Gasteiger partial charge in [0.25, 0.3) is 5.91 Å². The number of benzene rings is 1. The molecule has 0 aliphatic carbocycles. The van der Waals surface area contributed by atoms with Crippen LogP contribution in [-0.2, 0) is 9.53 Å². The van der Waals surface area contributed by atoms with Crippen LogP contribution < -0.4 is 20.5 Å². The van der Waals surface area contributed by atoms with E-state index in [1.807, 2.05) is 0 Å². The Hall–Kier alpha value is -2.23. The number of nitrogens with two attached hydrogens (primary N) is 1. The molecule has 0 bridgehead atoms. The zero-order valence-corrected chi connectivity index (χ0v) is 17.7. The van der Waals surface area contributed by atoms with Crippen LogP contribution in [-0.4, -0.2) is 74.5 Å². The minimum absolute atomic E-state index is 0.0663. The van der Waals surface area contributed by atoms with Crippen molar-refractivity contribution in [1.82, 2.24) is 10.2 Å². The van der Waals surface area contributed by atoms with E-state index in [0.29, 0.717) is 44.9 Å². The zero-order valence-electron chi connectivity index (χ0n) is 17.0. The normalized spacial score (nSPS) is 21.2. The number of likely N-dealkylation sites (tertiary alicyclic amines) is 1. The van der Waals surface area contributed by atoms with E-state index < -0.39 is 6.10 Å². The van der Waals surface area contributed by atoms with Crippen molar-refractivity contribution < 1.29 is 28.9 Å². The van der Waals surface area contributed by atoms with Crippen LogP contribution >= 0.6 is 11.6 Å². The number of β-amino-alcohol motifs (C(OH)–C–C–N with tert-alkyl or cyclic N) is 1. The third-order valence-electron chi connectivity index (χ3n) is 5.44. The van der Waals surface area contributed by atoms with E-state index in [0.717, 1.165) is 19.5 Å². The van der Waals surface area contributed by atoms with Gasteiger partial charge in [-0.1, -0.05) is 11.6 Å². The highest BCUT2D eigenvalue weighted by Crippen LogP contribution is 2.43. The maximum Gasteiger partial charge on any atom is 0.305 e. The van der Waals surface area contributed by atoms with Gasteiger partial charge in [-0.25, -0.2) is 0 Å². The molecular formula is C20H28ClN3O6. The summed E-state index contributed by atoms with van der Waals surface area (Å²) < 4.78 is 15.7. The summed E-state index contributed by atoms with van der Waals surface area (Å²) in [5.74, 6) is -0.0730. The van der Waals surface area contributed by atoms with Crippen LogP contribution in [0.2, 0.25) is 5.02 Å². The lowest BCUT2D eigenvalue weighted by Crippen LogP contribution is -2.47. The lowest BCUT2D eigenvalue weighted by molar-refractivity contribution is -0.140. The van der Waals surface area contributed by atoms with Gasteiger partial charge < -0.3 is 35.3 Å². The number of nitrogens with zero attached hydrogens (tertiary/aromatic N) is 1. The Morgan fingerprint density at radius 2 is 2.10 bits per heavy atom. The molecule has 1 saturated heterocycles. The van der Waals surface area contributed by atoms with Crippen molar-refractivity contribution in [3.63, 3.8) is 0 Å². The summed E-state index contributed by atoms with van der Waals surface area (Å²) in [7, 11) is 1.37. The number of ether oxygens (including phenoxy) is 3. The van der Waals surface area contributed by atoms with E-state index in [4.69, 9.17) is 26.8 Å². The first-order valence-electron chi connectivity index (χ1n) is 10.0. The maximum atomic E-state index is 12.7. The zero-order chi connectivity index (χ0) is 21.7. The quantitative estimate of drug-likeness (QED) is 0.424. The topological polar surface area (TPSA) is 123 Å². The van der Waals surface area contributed by atoms with Crippen molar-refractivity contribution in [2.45, 2.75) is 25.4 Å². The Labute approximate surface area is 180 Å². The van der Waals surface area contributed by atoms with E-state index in [1.54, 1.807) is 0 Å². The van der Waals surface area contributed by atoms with Gasteiger partial charge in [-0.05, 0) is 32.0 Å². The second-order valence-electron chi connectivity index (χ2n) is 7.49. The Kier molecular flexibility index (Phi) is 7.63. The highest BCUT2D eigenvalue weighted by Gasteiger charge is 2.29. The van der Waals surface area contributed by atoms with Crippen LogP contribution in [0.15, 0.2) is 6.07 Å². The van der Waals surface area contributed by atoms with Crippen molar-refractivity contribution in [3.05, 3.63) is 16.7 Å². The highest BCUT2D eigenvalue weighted by atomic mass is 35.5. The first-order chi connectivity index (χ1) is 14.4. The number of carbonyl (C=O) groups is 2. The Bertz CT molecular complexity index is 790. The van der Waals surface area contributed by atoms with Gasteiger partial charge in [-0.15, -0.1) is 0 Å². The van der Waals surface area contributed by atoms with Crippen molar-refractivity contribution in [2.75, 3.05) is 52.2 Å². The first kappa shape index (κ1) is 22.5. The molecule has 1 unspecified atom stereocenters. The number of methoxy groups -OCH3 is 1. The molecule has 166 valence electrons. The number of hydrogen-bond acceptors (Lipinski definition) is 8. The lowest BCUT2D eigenvalue weighted by atomic mass is 9.93. The summed E-state index contributed by atoms with van der Waals surface area (Å²) in [6.07, 6.45) is 1.22. The number of aliphatic hydroxyl groups excluding tert-OH is 1. The third-order valence-corrected chi connectivity index (χ3v) is 5.83. The minimum Gasteiger partial charge on any atom is -0.485 e. The number of aliphatic hydroxyl groups is 1. The van der Waals surface area contributed by atoms with Gasteiger partial charge in [-0.3, -0.25) is 9.59 Å². The fraction of sp³-hybridized carbons (Fsp3) is 0.600. The van der Waals surface area contributed by atoms with Crippen LogP contribution in [0.4, 0.5) is 5.69 Å². The summed E-state index contributed by atoms with van der Waals surface area (Å²) in [6, 6.07) is 1.48. The molecule has 1 amide bonds. The molecule has 0 spiro atoms. The standard InChI is InChI=1S/C20H28ClN3O6/c1-28-16(26)3-2-5-24-6-4-12(15(25)11-24)10-23-20(27)13-9-14(22)17(21)19-18(13)29-7-8-30-19/h9,12,15,25H,2-8,10-11,22H2,1H3,(H,23,27)/t12-,15?/m0/s1. The number of halogens is 1. The molecule has 0 saturated carbocycles. The Balaban J connectivity index is 1.52. The molecule has 2 aliphatic heterocycles. The summed E-state index contributed by atoms with van der Waals surface area (Å²) in [4.78, 5) is 26.1. The number of nitrogen functional groups attached to an aromatic ring is 1. The van der Waals surface area contributed by atoms with Crippen molar-refractivity contribution >= 4 is 29.2 Å². The monoisotopic (exact) mass is 441 g/mol. The van der Waals surface area contributed by atoms with E-state index >= 15 is 0 Å². The lowest BCUT2D eigenvalue weighted by Gasteiger charge is -2.36. The summed E-state index contributed by atoms with van der Waals surface area (Å²) in [5, 5.41) is 13.6. The molecule has 1 aromatic rings. The second-order valence-corrected chi connectivity index (χ2v) is 7.87. The van der Waals surface area contributed by atoms with Gasteiger partial charge in [0, 0.05) is 25.4 Å². The number of anilines is 1. The molecule has 2 aliphatic rings. The molecule has 2 heterocycles. The van der Waals surface area contributed by atoms with Gasteiger partial charge in [0.05, 0.1) is 24.5 Å². The average molecular weight is 442 g/mol. The Morgan fingerprint density at radius 1 is 1.37 bits per heavy atom. The highest BCUT2D eigenvalue weighted by molar-refractivity contribution is 6.35. The molecule has 2 atom stereocenters. The summed E-state index contributed by atoms with van der Waals surface area (Å²) in [5.41, 5.74) is 6.41. The van der Waals surface area contributed by atoms with Crippen LogP contribution in [0.5, 0.6) is 11.5 Å². The maximum absolute atomic E-state index is 12.7. The van der Waals surface area contributed by atoms with Crippen LogP contribution in [0.25, 0.3) is 0 Å². The molecule has 10 heteroatoms. The predicted molar refractivity (Wildman–Crippen MR) is 111 cm³/mol. The molecule has 9 nitrogen and oxygen atoms in total. The number of nitrogens with one attached hydrogen (secondary N) is 1. The van der Waals surface area contributed by atoms with Crippen LogP contribution in [0, 0.1) is 5.92 Å². The number of esters is 1. The van der Waals surface area contributed by atoms with Gasteiger partial charge in [0.1, 0.15) is 18.2 Å². The Morgan fingerprint density at radius 3 is 2.80 bits per heavy atom. The van der Waals surface area contributed by atoms with Gasteiger partial charge >= 0.3 is 5.97 Å². The molecule has 0 aromatic heterocycles. The smallest absolute Gasteiger partial charge is 0.305 e. The first-order valence-corrected chi connectivity index (χ1v) is 10.4. The molecule has 0 radical (unpaired) electrons. The van der Waals surface area contributed by atoms with E-state index in [1.165, 1.54) is 13.2 Å². The number of rotatable bonds is 7. The van der Waals surface area contributed by atoms with Crippen LogP contribution in [0.1, 0.15) is 29.6 Å². The number of amides is 1. The summed E-state index contributed by atoms with van der Waals surface area (Å²) in [6.45, 7) is 3.00. The number of piperidine rings is 1. The third kappa shape index (κ3) is 5.27. The largest absolute Gasteiger partial charge is 0.485 e. The minimum atomic E-state index is -0.569. The van der Waals surface area contributed by atoms with Crippen LogP contribution in [0.3, 0.4) is 0 Å². The SMILES string of the molecule is COC(=O)CCCN1CC[C@@H](CNC(=O)c2cc(N)c(Cl)c3c2OCCO3)C(O)C1. The van der Waals surface area contributed by atoms with Gasteiger partial charge in [0.15, 0.2) is 11.5 Å². The number of hydrogen-bond donors (Lipinski definition) is 3. The van der Waals surface area contributed by atoms with Gasteiger partial charge in [-0.2, -0.15) is 0 Å². The van der Waals surface area contributed by atoms with Crippen molar-refractivity contribution in [3.8, 4) is 11.5 Å². The fourth-order valence-electron chi connectivity index (χ4n) is 3.72. The fourth-order valence-corrected chi connectivity index (χ4v) is 3.92. The molecule has 3 rings (SSSR count). The number of carbonyl (C=O) groups excluding carboxylic acids is 2. The van der Waals surface area contributed by atoms with E-state index in [9.17, 15) is 14.7 Å². The van der Waals surface area contributed by atoms with Crippen molar-refractivity contribution in [1.29, 1.82) is 0 Å². The number of fused-ring (bicyclic) bond motifs is 1. The molecule has 4 N–H and O–H groups in total. The predicted octanol–water partition coefficient (Wildman–Crippen LogP) is 1.06. The molecule has 1 aromatic carbocycles. The van der Waals surface area contributed by atoms with E-state index in [-0.39, 0.29) is 39.8 Å². The van der Waals surface area contributed by atoms with Crippen molar-refractivity contribution in [2.24, 2.45) is 5.92 Å². The average Bonchev–Trinajstić information content (AvgIpc) is 2.75. The summed E-state index contributed by atoms with van der Waals surface area (Å²) >= 11 is 6.16. The molecular weight excluding hydrogens is 414 g/mol. The van der Waals surface area contributed by atoms with E-state index in [2.05, 4.69) is 15.0 Å². The molecule has 30 heavy (non-hydrogen) atoms. The molecule has 1 fully saturated rings.